The van der Waals surface area contributed by atoms with Gasteiger partial charge in [-0.2, -0.15) is 5.10 Å². The molecule has 0 aliphatic carbocycles. The Kier molecular flexibility index (Phi) is 5.42. The number of halogens is 1. The molecule has 0 bridgehead atoms. The van der Waals surface area contributed by atoms with Crippen LogP contribution in [-0.2, 0) is 26.4 Å². The molecule has 0 saturated heterocycles. The van der Waals surface area contributed by atoms with Gasteiger partial charge in [0, 0.05) is 29.0 Å². The monoisotopic (exact) mass is 471 g/mol. The van der Waals surface area contributed by atoms with Crippen LogP contribution in [0.1, 0.15) is 5.56 Å². The molecule has 12 heteroatoms. The van der Waals surface area contributed by atoms with Crippen LogP contribution < -0.4 is 4.72 Å². The smallest absolute Gasteiger partial charge is 0.237 e. The molecule has 0 atom stereocenters. The van der Waals surface area contributed by atoms with E-state index >= 15 is 0 Å². The van der Waals surface area contributed by atoms with Crippen molar-refractivity contribution in [2.75, 3.05) is 6.26 Å². The highest BCUT2D eigenvalue weighted by molar-refractivity contribution is 9.10. The molecule has 0 amide bonds. The molecule has 0 spiro atoms. The lowest BCUT2D eigenvalue weighted by Crippen LogP contribution is -2.25. The van der Waals surface area contributed by atoms with Gasteiger partial charge in [-0.3, -0.25) is 0 Å². The maximum atomic E-state index is 12.7. The third-order valence-corrected chi connectivity index (χ3v) is 7.08. The fourth-order valence-corrected chi connectivity index (χ4v) is 4.98. The minimum absolute atomic E-state index is 0.0685. The van der Waals surface area contributed by atoms with Gasteiger partial charge >= 0.3 is 0 Å². The number of sulfonamides is 1. The molecule has 27 heavy (non-hydrogen) atoms. The standard InChI is InChI=1S/C15H14BrN5O4S2/c1-26(22,23)12-4-5-13(16)14(7-12)27(24,25)20-8-11-3-2-6-18-15(11)21-10-17-9-19-21/h2-7,9-10,20H,8H2,1H3. The number of hydrogen-bond donors (Lipinski definition) is 1. The predicted molar refractivity (Wildman–Crippen MR) is 100 cm³/mol. The zero-order valence-electron chi connectivity index (χ0n) is 13.9. The number of aromatic nitrogens is 4. The topological polar surface area (TPSA) is 124 Å². The Hall–Kier alpha value is -2.15. The minimum atomic E-state index is -3.99. The van der Waals surface area contributed by atoms with Crippen molar-refractivity contribution in [3.8, 4) is 5.82 Å². The van der Waals surface area contributed by atoms with Crippen molar-refractivity contribution in [3.63, 3.8) is 0 Å². The van der Waals surface area contributed by atoms with Crippen molar-refractivity contribution in [1.29, 1.82) is 0 Å². The number of nitrogens with zero attached hydrogens (tertiary/aromatic N) is 4. The predicted octanol–water partition coefficient (Wildman–Crippen LogP) is 1.31. The number of nitrogens with one attached hydrogen (secondary N) is 1. The van der Waals surface area contributed by atoms with Gasteiger partial charge in [-0.1, -0.05) is 6.07 Å². The van der Waals surface area contributed by atoms with Crippen LogP contribution in [0.25, 0.3) is 5.82 Å². The van der Waals surface area contributed by atoms with E-state index in [4.69, 9.17) is 0 Å². The quantitative estimate of drug-likeness (QED) is 0.574. The first-order valence-corrected chi connectivity index (χ1v) is 11.6. The molecule has 9 nitrogen and oxygen atoms in total. The van der Waals surface area contributed by atoms with E-state index in [1.807, 2.05) is 0 Å². The highest BCUT2D eigenvalue weighted by Crippen LogP contribution is 2.25. The summed E-state index contributed by atoms with van der Waals surface area (Å²) in [5, 5.41) is 3.99. The van der Waals surface area contributed by atoms with Gasteiger partial charge < -0.3 is 0 Å². The summed E-state index contributed by atoms with van der Waals surface area (Å²) in [6.45, 7) is -0.0685. The normalized spacial score (nSPS) is 12.2. The molecule has 1 N–H and O–H groups in total. The third-order valence-electron chi connectivity index (χ3n) is 3.58. The summed E-state index contributed by atoms with van der Waals surface area (Å²) in [4.78, 5) is 7.79. The van der Waals surface area contributed by atoms with E-state index in [2.05, 4.69) is 35.7 Å². The summed E-state index contributed by atoms with van der Waals surface area (Å²) in [5.41, 5.74) is 0.571. The van der Waals surface area contributed by atoms with Crippen molar-refractivity contribution in [2.24, 2.45) is 0 Å². The Bertz CT molecular complexity index is 1180. The Morgan fingerprint density at radius 2 is 1.96 bits per heavy atom. The van der Waals surface area contributed by atoms with Crippen LogP contribution in [0.3, 0.4) is 0 Å². The van der Waals surface area contributed by atoms with Gasteiger partial charge in [0.25, 0.3) is 0 Å². The molecule has 0 aliphatic rings. The van der Waals surface area contributed by atoms with Crippen LogP contribution in [-0.4, -0.2) is 42.8 Å². The number of hydrogen-bond acceptors (Lipinski definition) is 7. The molecule has 0 unspecified atom stereocenters. The minimum Gasteiger partial charge on any atom is -0.237 e. The molecule has 2 heterocycles. The SMILES string of the molecule is CS(=O)(=O)c1ccc(Br)c(S(=O)(=O)NCc2cccnc2-n2cncn2)c1. The molecule has 0 saturated carbocycles. The van der Waals surface area contributed by atoms with Crippen LogP contribution in [0.4, 0.5) is 0 Å². The second kappa shape index (κ2) is 7.46. The van der Waals surface area contributed by atoms with Gasteiger partial charge in [-0.05, 0) is 40.2 Å². The van der Waals surface area contributed by atoms with Crippen LogP contribution >= 0.6 is 15.9 Å². The Balaban J connectivity index is 1.92. The molecule has 2 aromatic heterocycles. The largest absolute Gasteiger partial charge is 0.242 e. The van der Waals surface area contributed by atoms with Gasteiger partial charge in [0.05, 0.1) is 9.79 Å². The van der Waals surface area contributed by atoms with Gasteiger partial charge in [-0.25, -0.2) is 36.2 Å². The first-order valence-electron chi connectivity index (χ1n) is 7.46. The Labute approximate surface area is 164 Å². The summed E-state index contributed by atoms with van der Waals surface area (Å²) in [5.74, 6) is 0.432. The summed E-state index contributed by atoms with van der Waals surface area (Å²) >= 11 is 3.16. The van der Waals surface area contributed by atoms with Gasteiger partial charge in [-0.15, -0.1) is 0 Å². The van der Waals surface area contributed by atoms with E-state index in [0.29, 0.717) is 11.4 Å². The van der Waals surface area contributed by atoms with E-state index in [1.165, 1.54) is 29.5 Å². The van der Waals surface area contributed by atoms with Gasteiger partial charge in [0.1, 0.15) is 12.7 Å². The lowest BCUT2D eigenvalue weighted by atomic mass is 10.2. The molecule has 3 aromatic rings. The molecule has 0 aliphatic heterocycles. The first kappa shape index (κ1) is 19.6. The van der Waals surface area contributed by atoms with Crippen molar-refractivity contribution in [3.05, 3.63) is 59.2 Å². The Morgan fingerprint density at radius 3 is 2.63 bits per heavy atom. The van der Waals surface area contributed by atoms with Crippen molar-refractivity contribution < 1.29 is 16.8 Å². The van der Waals surface area contributed by atoms with Gasteiger partial charge in [0.15, 0.2) is 15.7 Å². The van der Waals surface area contributed by atoms with E-state index in [1.54, 1.807) is 18.3 Å². The van der Waals surface area contributed by atoms with Crippen molar-refractivity contribution in [2.45, 2.75) is 16.3 Å². The zero-order valence-corrected chi connectivity index (χ0v) is 17.2. The summed E-state index contributed by atoms with van der Waals surface area (Å²) in [6, 6.07) is 7.21. The molecular formula is C15H14BrN5O4S2. The number of pyridine rings is 1. The Morgan fingerprint density at radius 1 is 1.19 bits per heavy atom. The fourth-order valence-electron chi connectivity index (χ4n) is 2.26. The highest BCUT2D eigenvalue weighted by atomic mass is 79.9. The third kappa shape index (κ3) is 4.40. The molecular weight excluding hydrogens is 458 g/mol. The van der Waals surface area contributed by atoms with Crippen LogP contribution in [0, 0.1) is 0 Å². The van der Waals surface area contributed by atoms with Crippen LogP contribution in [0.15, 0.2) is 63.4 Å². The summed E-state index contributed by atoms with van der Waals surface area (Å²) in [7, 11) is -7.54. The molecule has 0 fully saturated rings. The fraction of sp³-hybridized carbons (Fsp3) is 0.133. The zero-order chi connectivity index (χ0) is 19.7. The molecule has 3 rings (SSSR count). The maximum Gasteiger partial charge on any atom is 0.242 e. The van der Waals surface area contributed by atoms with Crippen LogP contribution in [0.2, 0.25) is 0 Å². The van der Waals surface area contributed by atoms with Crippen LogP contribution in [0.5, 0.6) is 0 Å². The van der Waals surface area contributed by atoms with E-state index in [0.717, 1.165) is 12.3 Å². The summed E-state index contributed by atoms with van der Waals surface area (Å²) in [6.07, 6.45) is 5.37. The van der Waals surface area contributed by atoms with Crippen molar-refractivity contribution >= 4 is 35.8 Å². The van der Waals surface area contributed by atoms with Gasteiger partial charge in [0.2, 0.25) is 10.0 Å². The molecule has 142 valence electrons. The second-order valence-corrected chi connectivity index (χ2v) is 10.1. The van der Waals surface area contributed by atoms with Crippen molar-refractivity contribution in [1.82, 2.24) is 24.5 Å². The van der Waals surface area contributed by atoms with E-state index in [9.17, 15) is 16.8 Å². The average Bonchev–Trinajstić information content (AvgIpc) is 3.14. The van der Waals surface area contributed by atoms with E-state index < -0.39 is 19.9 Å². The molecule has 0 radical (unpaired) electrons. The first-order chi connectivity index (χ1) is 12.7. The second-order valence-electron chi connectivity index (χ2n) is 5.52. The average molecular weight is 472 g/mol. The summed E-state index contributed by atoms with van der Waals surface area (Å²) < 4.78 is 53.0. The highest BCUT2D eigenvalue weighted by Gasteiger charge is 2.21. The van der Waals surface area contributed by atoms with E-state index in [-0.39, 0.29) is 20.8 Å². The lowest BCUT2D eigenvalue weighted by Gasteiger charge is -2.12. The molecule has 1 aromatic carbocycles. The number of benzene rings is 1. The maximum absolute atomic E-state index is 12.7. The number of rotatable bonds is 6. The number of sulfone groups is 1. The lowest BCUT2D eigenvalue weighted by molar-refractivity contribution is 0.580.